The van der Waals surface area contributed by atoms with E-state index in [1.165, 1.54) is 0 Å². The molecule has 0 fully saturated rings. The molecule has 1 aromatic carbocycles. The van der Waals surface area contributed by atoms with Crippen LogP contribution in [-0.4, -0.2) is 25.0 Å². The Morgan fingerprint density at radius 2 is 2.35 bits per heavy atom. The molecule has 0 aliphatic rings. The second-order valence-electron chi connectivity index (χ2n) is 3.37. The van der Waals surface area contributed by atoms with Crippen molar-refractivity contribution >= 4 is 23.5 Å². The van der Waals surface area contributed by atoms with E-state index in [1.807, 2.05) is 24.3 Å². The molecule has 0 radical (unpaired) electrons. The summed E-state index contributed by atoms with van der Waals surface area (Å²) in [6, 6.07) is 7.75. The van der Waals surface area contributed by atoms with Gasteiger partial charge in [-0.2, -0.15) is 5.10 Å². The zero-order chi connectivity index (χ0) is 12.5. The molecule has 17 heavy (non-hydrogen) atoms. The van der Waals surface area contributed by atoms with Crippen LogP contribution < -0.4 is 15.5 Å². The molecule has 0 atom stereocenters. The monoisotopic (exact) mass is 251 g/mol. The molecule has 0 aliphatic carbocycles. The van der Waals surface area contributed by atoms with Gasteiger partial charge in [-0.15, -0.1) is 0 Å². The Balaban J connectivity index is 2.55. The zero-order valence-electron chi connectivity index (χ0n) is 10.1. The van der Waals surface area contributed by atoms with Crippen LogP contribution in [0.5, 0.6) is 5.75 Å². The van der Waals surface area contributed by atoms with Crippen LogP contribution in [0.4, 0.5) is 0 Å². The highest BCUT2D eigenvalue weighted by Crippen LogP contribution is 2.12. The number of ether oxygens (including phenoxy) is 1. The van der Waals surface area contributed by atoms with Crippen molar-refractivity contribution in [3.63, 3.8) is 0 Å². The summed E-state index contributed by atoms with van der Waals surface area (Å²) >= 11 is 4.89. The van der Waals surface area contributed by atoms with Gasteiger partial charge in [0.25, 0.3) is 0 Å². The Morgan fingerprint density at radius 3 is 3.06 bits per heavy atom. The minimum atomic E-state index is 0.486. The van der Waals surface area contributed by atoms with E-state index in [-0.39, 0.29) is 0 Å². The largest absolute Gasteiger partial charge is 0.494 e. The van der Waals surface area contributed by atoms with Crippen LogP contribution in [0.1, 0.15) is 18.9 Å². The van der Waals surface area contributed by atoms with E-state index in [2.05, 4.69) is 22.8 Å². The van der Waals surface area contributed by atoms with Gasteiger partial charge in [0.1, 0.15) is 5.75 Å². The van der Waals surface area contributed by atoms with Crippen LogP contribution in [0.3, 0.4) is 0 Å². The molecule has 5 heteroatoms. The van der Waals surface area contributed by atoms with Crippen molar-refractivity contribution in [3.05, 3.63) is 29.8 Å². The van der Waals surface area contributed by atoms with Crippen LogP contribution in [0.15, 0.2) is 29.4 Å². The van der Waals surface area contributed by atoms with Gasteiger partial charge in [0.15, 0.2) is 5.11 Å². The van der Waals surface area contributed by atoms with E-state index in [1.54, 1.807) is 13.3 Å². The lowest BCUT2D eigenvalue weighted by molar-refractivity contribution is 0.317. The van der Waals surface area contributed by atoms with E-state index in [0.29, 0.717) is 5.11 Å². The van der Waals surface area contributed by atoms with Crippen molar-refractivity contribution in [1.29, 1.82) is 0 Å². The van der Waals surface area contributed by atoms with Gasteiger partial charge in [0.05, 0.1) is 12.8 Å². The lowest BCUT2D eigenvalue weighted by atomic mass is 10.2. The maximum atomic E-state index is 5.52. The van der Waals surface area contributed by atoms with Gasteiger partial charge in [-0.05, 0) is 36.3 Å². The van der Waals surface area contributed by atoms with E-state index in [4.69, 9.17) is 17.0 Å². The van der Waals surface area contributed by atoms with Gasteiger partial charge in [0, 0.05) is 7.05 Å². The first-order valence-corrected chi connectivity index (χ1v) is 5.90. The maximum Gasteiger partial charge on any atom is 0.186 e. The molecule has 0 unspecified atom stereocenters. The molecule has 0 saturated heterocycles. The highest BCUT2D eigenvalue weighted by molar-refractivity contribution is 7.80. The summed E-state index contributed by atoms with van der Waals surface area (Å²) in [6.45, 7) is 2.80. The Hall–Kier alpha value is -1.62. The van der Waals surface area contributed by atoms with Crippen molar-refractivity contribution in [3.8, 4) is 5.75 Å². The number of thiocarbonyl (C=S) groups is 1. The molecular weight excluding hydrogens is 234 g/mol. The SMILES string of the molecule is CCCOc1cccc(/C=N/NC(=S)NC)c1. The summed E-state index contributed by atoms with van der Waals surface area (Å²) < 4.78 is 5.52. The van der Waals surface area contributed by atoms with Crippen molar-refractivity contribution in [2.24, 2.45) is 5.10 Å². The summed E-state index contributed by atoms with van der Waals surface area (Å²) in [4.78, 5) is 0. The van der Waals surface area contributed by atoms with Crippen LogP contribution >= 0.6 is 12.2 Å². The highest BCUT2D eigenvalue weighted by atomic mass is 32.1. The van der Waals surface area contributed by atoms with Crippen LogP contribution in [0.25, 0.3) is 0 Å². The third kappa shape index (κ3) is 5.31. The number of rotatable bonds is 5. The smallest absolute Gasteiger partial charge is 0.186 e. The summed E-state index contributed by atoms with van der Waals surface area (Å²) in [6.07, 6.45) is 2.69. The Kier molecular flexibility index (Phi) is 6.03. The third-order valence-corrected chi connectivity index (χ3v) is 2.23. The van der Waals surface area contributed by atoms with Gasteiger partial charge in [0.2, 0.25) is 0 Å². The first-order valence-electron chi connectivity index (χ1n) is 5.50. The van der Waals surface area contributed by atoms with E-state index >= 15 is 0 Å². The molecule has 0 spiro atoms. The zero-order valence-corrected chi connectivity index (χ0v) is 10.9. The van der Waals surface area contributed by atoms with Crippen molar-refractivity contribution < 1.29 is 4.74 Å². The first-order chi connectivity index (χ1) is 8.26. The fourth-order valence-corrected chi connectivity index (χ4v) is 1.18. The molecular formula is C12H17N3OS. The number of hydrogen-bond acceptors (Lipinski definition) is 3. The number of hydrogen-bond donors (Lipinski definition) is 2. The lowest BCUT2D eigenvalue weighted by Crippen LogP contribution is -2.28. The van der Waals surface area contributed by atoms with Crippen LogP contribution in [0, 0.1) is 0 Å². The molecule has 0 aromatic heterocycles. The van der Waals surface area contributed by atoms with Gasteiger partial charge in [-0.3, -0.25) is 5.43 Å². The van der Waals surface area contributed by atoms with Gasteiger partial charge < -0.3 is 10.1 Å². The highest BCUT2D eigenvalue weighted by Gasteiger charge is 1.94. The Labute approximate surface area is 107 Å². The molecule has 1 aromatic rings. The number of benzene rings is 1. The molecule has 0 heterocycles. The number of hydrazone groups is 1. The second kappa shape index (κ2) is 7.62. The molecule has 2 N–H and O–H groups in total. The maximum absolute atomic E-state index is 5.52. The predicted octanol–water partition coefficient (Wildman–Crippen LogP) is 1.90. The quantitative estimate of drug-likeness (QED) is 0.477. The predicted molar refractivity (Wildman–Crippen MR) is 74.6 cm³/mol. The van der Waals surface area contributed by atoms with Gasteiger partial charge in [-0.25, -0.2) is 0 Å². The molecule has 0 bridgehead atoms. The number of nitrogens with zero attached hydrogens (tertiary/aromatic N) is 1. The van der Waals surface area contributed by atoms with Gasteiger partial charge in [-0.1, -0.05) is 19.1 Å². The second-order valence-corrected chi connectivity index (χ2v) is 3.78. The van der Waals surface area contributed by atoms with Crippen molar-refractivity contribution in [2.45, 2.75) is 13.3 Å². The topological polar surface area (TPSA) is 45.6 Å². The summed E-state index contributed by atoms with van der Waals surface area (Å²) in [5, 5.41) is 7.26. The molecule has 4 nitrogen and oxygen atoms in total. The Morgan fingerprint density at radius 1 is 1.53 bits per heavy atom. The molecule has 1 rings (SSSR count). The van der Waals surface area contributed by atoms with E-state index < -0.39 is 0 Å². The molecule has 0 amide bonds. The van der Waals surface area contributed by atoms with Gasteiger partial charge >= 0.3 is 0 Å². The molecule has 0 aliphatic heterocycles. The standard InChI is InChI=1S/C12H17N3OS/c1-3-7-16-11-6-4-5-10(8-11)9-14-15-12(17)13-2/h4-6,8-9H,3,7H2,1-2H3,(H2,13,15,17)/b14-9+. The number of nitrogens with one attached hydrogen (secondary N) is 2. The molecule has 92 valence electrons. The first kappa shape index (κ1) is 13.4. The third-order valence-electron chi connectivity index (χ3n) is 1.94. The van der Waals surface area contributed by atoms with Crippen molar-refractivity contribution in [2.75, 3.05) is 13.7 Å². The summed E-state index contributed by atoms with van der Waals surface area (Å²) in [5.74, 6) is 0.854. The minimum absolute atomic E-state index is 0.486. The minimum Gasteiger partial charge on any atom is -0.494 e. The van der Waals surface area contributed by atoms with Crippen molar-refractivity contribution in [1.82, 2.24) is 10.7 Å². The summed E-state index contributed by atoms with van der Waals surface area (Å²) in [5.41, 5.74) is 3.66. The average Bonchev–Trinajstić information content (AvgIpc) is 2.36. The van der Waals surface area contributed by atoms with E-state index in [9.17, 15) is 0 Å². The van der Waals surface area contributed by atoms with Crippen LogP contribution in [-0.2, 0) is 0 Å². The van der Waals surface area contributed by atoms with Crippen LogP contribution in [0.2, 0.25) is 0 Å². The van der Waals surface area contributed by atoms with E-state index in [0.717, 1.165) is 24.3 Å². The average molecular weight is 251 g/mol. The Bertz CT molecular complexity index is 393. The fourth-order valence-electron chi connectivity index (χ4n) is 1.13. The summed E-state index contributed by atoms with van der Waals surface area (Å²) in [7, 11) is 1.74. The lowest BCUT2D eigenvalue weighted by Gasteiger charge is -2.04. The fraction of sp³-hybridized carbons (Fsp3) is 0.333. The normalized spacial score (nSPS) is 10.2. The molecule has 0 saturated carbocycles.